The van der Waals surface area contributed by atoms with Crippen LogP contribution in [-0.4, -0.2) is 16.2 Å². The molecular weight excluding hydrogens is 264 g/mol. The summed E-state index contributed by atoms with van der Waals surface area (Å²) in [4.78, 5) is 10.3. The van der Waals surface area contributed by atoms with Crippen molar-refractivity contribution in [2.75, 3.05) is 0 Å². The van der Waals surface area contributed by atoms with Gasteiger partial charge in [0, 0.05) is 0 Å². The lowest BCUT2D eigenvalue weighted by atomic mass is 9.86. The summed E-state index contributed by atoms with van der Waals surface area (Å²) in [5, 5.41) is 17.9. The van der Waals surface area contributed by atoms with Gasteiger partial charge in [-0.3, -0.25) is 0 Å². The second kappa shape index (κ2) is 6.93. The molecule has 3 heteroatoms. The zero-order chi connectivity index (χ0) is 16.0. The number of aromatic hydroxyl groups is 1. The fourth-order valence-electron chi connectivity index (χ4n) is 1.80. The summed E-state index contributed by atoms with van der Waals surface area (Å²) in [6.07, 6.45) is 0. The summed E-state index contributed by atoms with van der Waals surface area (Å²) in [5.41, 5.74) is 2.45. The molecule has 2 aromatic carbocycles. The number of carbonyl (C=O) groups is 1. The van der Waals surface area contributed by atoms with Crippen LogP contribution in [0.3, 0.4) is 0 Å². The number of aryl methyl sites for hydroxylation is 1. The summed E-state index contributed by atoms with van der Waals surface area (Å²) in [6.45, 7) is 8.18. The molecule has 21 heavy (non-hydrogen) atoms. The fourth-order valence-corrected chi connectivity index (χ4v) is 1.80. The number of rotatable bonds is 1. The Morgan fingerprint density at radius 3 is 1.86 bits per heavy atom. The molecular formula is C18H22O3. The average Bonchev–Trinajstić information content (AvgIpc) is 2.39. The molecule has 2 N–H and O–H groups in total. The van der Waals surface area contributed by atoms with Crippen molar-refractivity contribution in [2.24, 2.45) is 0 Å². The van der Waals surface area contributed by atoms with E-state index in [0.717, 1.165) is 11.1 Å². The Balaban J connectivity index is 0.000000211. The Morgan fingerprint density at radius 2 is 1.48 bits per heavy atom. The molecule has 0 bridgehead atoms. The van der Waals surface area contributed by atoms with Gasteiger partial charge in [0.25, 0.3) is 0 Å². The molecule has 3 nitrogen and oxygen atoms in total. The van der Waals surface area contributed by atoms with E-state index in [0.29, 0.717) is 11.3 Å². The molecule has 0 aliphatic carbocycles. The standard InChI is InChI=1S/C10H14O.C8H8O2/c1-10(2,3)8-6-4-5-7-9(8)11;1-6-2-4-7(5-3-6)8(9)10/h4-7,11H,1-3H3;2-5H,1H3,(H,9,10). The number of benzene rings is 2. The highest BCUT2D eigenvalue weighted by atomic mass is 16.4. The van der Waals surface area contributed by atoms with Gasteiger partial charge in [-0.1, -0.05) is 56.7 Å². The van der Waals surface area contributed by atoms with E-state index in [-0.39, 0.29) is 5.41 Å². The van der Waals surface area contributed by atoms with E-state index in [4.69, 9.17) is 5.11 Å². The van der Waals surface area contributed by atoms with Crippen LogP contribution in [0.4, 0.5) is 0 Å². The Hall–Kier alpha value is -2.29. The summed E-state index contributed by atoms with van der Waals surface area (Å²) < 4.78 is 0. The third kappa shape index (κ3) is 5.30. The third-order valence-electron chi connectivity index (χ3n) is 3.01. The van der Waals surface area contributed by atoms with Gasteiger partial charge in [0.15, 0.2) is 0 Å². The minimum atomic E-state index is -0.875. The minimum Gasteiger partial charge on any atom is -0.508 e. The maximum atomic E-state index is 10.3. The second-order valence-electron chi connectivity index (χ2n) is 5.94. The first-order valence-corrected chi connectivity index (χ1v) is 6.80. The maximum absolute atomic E-state index is 10.3. The van der Waals surface area contributed by atoms with Crippen LogP contribution in [-0.2, 0) is 5.41 Å². The first-order chi connectivity index (χ1) is 9.71. The van der Waals surface area contributed by atoms with Crippen LogP contribution in [0.2, 0.25) is 0 Å². The van der Waals surface area contributed by atoms with Gasteiger partial charge in [0.2, 0.25) is 0 Å². The highest BCUT2D eigenvalue weighted by Gasteiger charge is 2.16. The lowest BCUT2D eigenvalue weighted by Crippen LogP contribution is -2.10. The van der Waals surface area contributed by atoms with Crippen molar-refractivity contribution in [3.8, 4) is 5.75 Å². The number of aromatic carboxylic acids is 1. The molecule has 0 aromatic heterocycles. The molecule has 0 unspecified atom stereocenters. The molecule has 0 saturated heterocycles. The molecule has 0 atom stereocenters. The van der Waals surface area contributed by atoms with Gasteiger partial charge in [-0.2, -0.15) is 0 Å². The molecule has 0 amide bonds. The van der Waals surface area contributed by atoms with E-state index in [2.05, 4.69) is 20.8 Å². The van der Waals surface area contributed by atoms with Crippen molar-refractivity contribution < 1.29 is 15.0 Å². The van der Waals surface area contributed by atoms with Crippen molar-refractivity contribution >= 4 is 5.97 Å². The van der Waals surface area contributed by atoms with Crippen LogP contribution in [0.25, 0.3) is 0 Å². The molecule has 0 heterocycles. The highest BCUT2D eigenvalue weighted by Crippen LogP contribution is 2.29. The largest absolute Gasteiger partial charge is 0.508 e. The van der Waals surface area contributed by atoms with Crippen LogP contribution < -0.4 is 0 Å². The van der Waals surface area contributed by atoms with E-state index in [1.807, 2.05) is 25.1 Å². The number of para-hydroxylation sites is 1. The van der Waals surface area contributed by atoms with Gasteiger partial charge >= 0.3 is 5.97 Å². The van der Waals surface area contributed by atoms with Gasteiger partial charge in [0.1, 0.15) is 5.75 Å². The van der Waals surface area contributed by atoms with Crippen molar-refractivity contribution in [1.29, 1.82) is 0 Å². The molecule has 112 valence electrons. The lowest BCUT2D eigenvalue weighted by Gasteiger charge is -2.19. The highest BCUT2D eigenvalue weighted by molar-refractivity contribution is 5.87. The normalized spacial score (nSPS) is 10.5. The monoisotopic (exact) mass is 286 g/mol. The number of phenolic OH excluding ortho intramolecular Hbond substituents is 1. The minimum absolute atomic E-state index is 0.0331. The summed E-state index contributed by atoms with van der Waals surface area (Å²) >= 11 is 0. The molecule has 0 radical (unpaired) electrons. The lowest BCUT2D eigenvalue weighted by molar-refractivity contribution is 0.0697. The number of carboxylic acid groups (broad SMARTS) is 1. The van der Waals surface area contributed by atoms with Crippen LogP contribution in [0.15, 0.2) is 48.5 Å². The van der Waals surface area contributed by atoms with Crippen molar-refractivity contribution in [3.05, 3.63) is 65.2 Å². The molecule has 0 spiro atoms. The summed E-state index contributed by atoms with van der Waals surface area (Å²) in [7, 11) is 0. The smallest absolute Gasteiger partial charge is 0.335 e. The van der Waals surface area contributed by atoms with E-state index >= 15 is 0 Å². The summed E-state index contributed by atoms with van der Waals surface area (Å²) in [5.74, 6) is -0.486. The first-order valence-electron chi connectivity index (χ1n) is 6.80. The molecule has 2 aromatic rings. The van der Waals surface area contributed by atoms with Crippen molar-refractivity contribution in [1.82, 2.24) is 0 Å². The van der Waals surface area contributed by atoms with Crippen LogP contribution in [0.1, 0.15) is 42.3 Å². The molecule has 0 aliphatic rings. The van der Waals surface area contributed by atoms with Gasteiger partial charge in [0.05, 0.1) is 5.56 Å². The summed E-state index contributed by atoms with van der Waals surface area (Å²) in [6, 6.07) is 14.2. The fraction of sp³-hybridized carbons (Fsp3) is 0.278. The van der Waals surface area contributed by atoms with Gasteiger partial charge in [-0.15, -0.1) is 0 Å². The quantitative estimate of drug-likeness (QED) is 0.817. The van der Waals surface area contributed by atoms with Gasteiger partial charge in [-0.25, -0.2) is 4.79 Å². The molecule has 0 saturated carbocycles. The van der Waals surface area contributed by atoms with Gasteiger partial charge < -0.3 is 10.2 Å². The van der Waals surface area contributed by atoms with E-state index in [1.54, 1.807) is 30.3 Å². The number of carboxylic acids is 1. The average molecular weight is 286 g/mol. The Kier molecular flexibility index (Phi) is 5.53. The first kappa shape index (κ1) is 16.8. The van der Waals surface area contributed by atoms with Crippen LogP contribution in [0, 0.1) is 6.92 Å². The Morgan fingerprint density at radius 1 is 0.952 bits per heavy atom. The van der Waals surface area contributed by atoms with Crippen LogP contribution in [0.5, 0.6) is 5.75 Å². The van der Waals surface area contributed by atoms with E-state index in [9.17, 15) is 9.90 Å². The molecule has 0 fully saturated rings. The second-order valence-corrected chi connectivity index (χ2v) is 5.94. The number of hydrogen-bond acceptors (Lipinski definition) is 2. The van der Waals surface area contributed by atoms with Gasteiger partial charge in [-0.05, 0) is 36.1 Å². The molecule has 0 aliphatic heterocycles. The zero-order valence-electron chi connectivity index (χ0n) is 12.9. The number of phenols is 1. The number of hydrogen-bond donors (Lipinski definition) is 2. The van der Waals surface area contributed by atoms with E-state index < -0.39 is 5.97 Å². The predicted octanol–water partition coefficient (Wildman–Crippen LogP) is 4.38. The van der Waals surface area contributed by atoms with Crippen molar-refractivity contribution in [3.63, 3.8) is 0 Å². The van der Waals surface area contributed by atoms with E-state index in [1.165, 1.54) is 0 Å². The SMILES string of the molecule is CC(C)(C)c1ccccc1O.Cc1ccc(C(=O)O)cc1. The predicted molar refractivity (Wildman–Crippen MR) is 84.9 cm³/mol. The topological polar surface area (TPSA) is 57.5 Å². The van der Waals surface area contributed by atoms with Crippen LogP contribution >= 0.6 is 0 Å². The Labute approximate surface area is 125 Å². The third-order valence-corrected chi connectivity index (χ3v) is 3.01. The Bertz CT molecular complexity index is 593. The maximum Gasteiger partial charge on any atom is 0.335 e. The molecule has 2 rings (SSSR count). The zero-order valence-corrected chi connectivity index (χ0v) is 12.9. The van der Waals surface area contributed by atoms with Crippen molar-refractivity contribution in [2.45, 2.75) is 33.1 Å².